The molecule has 34 heavy (non-hydrogen) atoms. The fourth-order valence-corrected chi connectivity index (χ4v) is 5.25. The number of hydrazone groups is 1. The highest BCUT2D eigenvalue weighted by atomic mass is 32.2. The van der Waals surface area contributed by atoms with Gasteiger partial charge in [-0.2, -0.15) is 5.10 Å². The van der Waals surface area contributed by atoms with E-state index < -0.39 is 4.75 Å². The Morgan fingerprint density at radius 3 is 2.59 bits per heavy atom. The number of aryl methyl sites for hydroxylation is 1. The molecule has 0 bridgehead atoms. The summed E-state index contributed by atoms with van der Waals surface area (Å²) in [5.41, 5.74) is 7.92. The summed E-state index contributed by atoms with van der Waals surface area (Å²) in [7, 11) is 3.29. The standard InChI is InChI=1S/C26H32N4O3S/c1-16(2)27-24(19-10-12-21(32-5)22(15-19)33-6)30-13-7-8-17-14-18(9-11-20(17)30)23-26(3,4)34-25(31)29-28-23/h9-12,14-16H,7-8,13H2,1-6H3,(H,29,31). The van der Waals surface area contributed by atoms with E-state index in [1.165, 1.54) is 17.3 Å². The van der Waals surface area contributed by atoms with E-state index in [0.29, 0.717) is 11.5 Å². The molecule has 0 saturated heterocycles. The van der Waals surface area contributed by atoms with E-state index >= 15 is 0 Å². The van der Waals surface area contributed by atoms with Gasteiger partial charge in [0.05, 0.1) is 24.7 Å². The number of nitrogens with zero attached hydrogens (tertiary/aromatic N) is 3. The maximum absolute atomic E-state index is 11.8. The molecule has 1 amide bonds. The van der Waals surface area contributed by atoms with Crippen LogP contribution in [0, 0.1) is 0 Å². The highest BCUT2D eigenvalue weighted by Crippen LogP contribution is 2.36. The normalized spacial score (nSPS) is 17.7. The van der Waals surface area contributed by atoms with Crippen molar-refractivity contribution < 1.29 is 14.3 Å². The molecule has 2 heterocycles. The van der Waals surface area contributed by atoms with E-state index in [-0.39, 0.29) is 11.3 Å². The zero-order valence-corrected chi connectivity index (χ0v) is 21.5. The Labute approximate surface area is 205 Å². The van der Waals surface area contributed by atoms with Crippen LogP contribution in [0.4, 0.5) is 10.5 Å². The SMILES string of the molecule is COc1ccc(C(=NC(C)C)N2CCCc3cc(C4=NNC(=O)SC4(C)C)ccc32)cc1OC. The number of hydrogen-bond donors (Lipinski definition) is 1. The zero-order valence-electron chi connectivity index (χ0n) is 20.6. The Hall–Kier alpha value is -3.00. The van der Waals surface area contributed by atoms with Crippen LogP contribution in [0.5, 0.6) is 11.5 Å². The lowest BCUT2D eigenvalue weighted by atomic mass is 9.93. The first-order chi connectivity index (χ1) is 16.2. The number of thioether (sulfide) groups is 1. The minimum Gasteiger partial charge on any atom is -0.493 e. The number of benzene rings is 2. The number of anilines is 1. The number of methoxy groups -OCH3 is 2. The molecule has 1 N–H and O–H groups in total. The van der Waals surface area contributed by atoms with Gasteiger partial charge in [0.2, 0.25) is 0 Å². The summed E-state index contributed by atoms with van der Waals surface area (Å²) in [6, 6.07) is 12.5. The van der Waals surface area contributed by atoms with Crippen molar-refractivity contribution in [2.75, 3.05) is 25.7 Å². The van der Waals surface area contributed by atoms with Crippen molar-refractivity contribution in [3.05, 3.63) is 53.1 Å². The molecule has 0 fully saturated rings. The summed E-state index contributed by atoms with van der Waals surface area (Å²) >= 11 is 1.27. The summed E-state index contributed by atoms with van der Waals surface area (Å²) < 4.78 is 10.6. The number of amides is 1. The molecular formula is C26H32N4O3S. The van der Waals surface area contributed by atoms with E-state index in [1.807, 2.05) is 32.0 Å². The largest absolute Gasteiger partial charge is 0.493 e. The predicted molar refractivity (Wildman–Crippen MR) is 140 cm³/mol. The Bertz CT molecular complexity index is 1160. The van der Waals surface area contributed by atoms with Crippen LogP contribution in [0.3, 0.4) is 0 Å². The van der Waals surface area contributed by atoms with Crippen LogP contribution in [-0.4, -0.2) is 48.3 Å². The van der Waals surface area contributed by atoms with Crippen molar-refractivity contribution in [1.29, 1.82) is 0 Å². The highest BCUT2D eigenvalue weighted by Gasteiger charge is 2.34. The second-order valence-electron chi connectivity index (χ2n) is 9.19. The molecule has 2 aliphatic rings. The average Bonchev–Trinajstić information content (AvgIpc) is 2.80. The van der Waals surface area contributed by atoms with Gasteiger partial charge in [0.25, 0.3) is 5.24 Å². The van der Waals surface area contributed by atoms with E-state index in [0.717, 1.165) is 47.7 Å². The van der Waals surface area contributed by atoms with Gasteiger partial charge in [0.15, 0.2) is 11.5 Å². The minimum atomic E-state index is -0.394. The third-order valence-corrected chi connectivity index (χ3v) is 6.91. The fourth-order valence-electron chi connectivity index (χ4n) is 4.44. The molecule has 7 nitrogen and oxygen atoms in total. The van der Waals surface area contributed by atoms with Gasteiger partial charge in [0.1, 0.15) is 5.84 Å². The Balaban J connectivity index is 1.75. The van der Waals surface area contributed by atoms with Crippen molar-refractivity contribution in [2.24, 2.45) is 10.1 Å². The molecule has 2 aliphatic heterocycles. The average molecular weight is 481 g/mol. The molecule has 0 aromatic heterocycles. The summed E-state index contributed by atoms with van der Waals surface area (Å²) in [6.45, 7) is 9.12. The maximum atomic E-state index is 11.8. The summed E-state index contributed by atoms with van der Waals surface area (Å²) in [4.78, 5) is 19.1. The molecule has 4 rings (SSSR count). The van der Waals surface area contributed by atoms with Gasteiger partial charge in [-0.1, -0.05) is 17.8 Å². The summed E-state index contributed by atoms with van der Waals surface area (Å²) in [6.07, 6.45) is 2.00. The number of fused-ring (bicyclic) bond motifs is 1. The predicted octanol–water partition coefficient (Wildman–Crippen LogP) is 5.25. The number of carbonyl (C=O) groups excluding carboxylic acids is 1. The molecule has 0 unspecified atom stereocenters. The molecule has 0 saturated carbocycles. The van der Waals surface area contributed by atoms with Crippen molar-refractivity contribution in [2.45, 2.75) is 51.3 Å². The summed E-state index contributed by atoms with van der Waals surface area (Å²) in [5, 5.41) is 4.27. The van der Waals surface area contributed by atoms with Crippen molar-refractivity contribution in [3.8, 4) is 11.5 Å². The van der Waals surface area contributed by atoms with E-state index in [1.54, 1.807) is 14.2 Å². The number of nitrogens with one attached hydrogen (secondary N) is 1. The second kappa shape index (κ2) is 9.70. The first-order valence-corrected chi connectivity index (χ1v) is 12.3. The van der Waals surface area contributed by atoms with Crippen LogP contribution in [0.1, 0.15) is 50.8 Å². The van der Waals surface area contributed by atoms with Crippen LogP contribution < -0.4 is 19.8 Å². The van der Waals surface area contributed by atoms with Gasteiger partial charge in [-0.15, -0.1) is 0 Å². The first kappa shape index (κ1) is 24.1. The van der Waals surface area contributed by atoms with Crippen LogP contribution in [0.15, 0.2) is 46.5 Å². The Morgan fingerprint density at radius 2 is 1.91 bits per heavy atom. The van der Waals surface area contributed by atoms with E-state index in [9.17, 15) is 4.79 Å². The maximum Gasteiger partial charge on any atom is 0.300 e. The second-order valence-corrected chi connectivity index (χ2v) is 10.8. The van der Waals surface area contributed by atoms with Gasteiger partial charge >= 0.3 is 0 Å². The summed E-state index contributed by atoms with van der Waals surface area (Å²) in [5.74, 6) is 2.29. The molecule has 2 aromatic carbocycles. The number of aliphatic imine (C=N–C) groups is 1. The molecule has 2 aromatic rings. The quantitative estimate of drug-likeness (QED) is 0.467. The van der Waals surface area contributed by atoms with E-state index in [4.69, 9.17) is 14.5 Å². The third kappa shape index (κ3) is 4.78. The van der Waals surface area contributed by atoms with Gasteiger partial charge in [0, 0.05) is 23.8 Å². The number of amidine groups is 1. The number of ether oxygens (including phenoxy) is 2. The van der Waals surface area contributed by atoms with Crippen molar-refractivity contribution in [1.82, 2.24) is 5.43 Å². The smallest absolute Gasteiger partial charge is 0.300 e. The van der Waals surface area contributed by atoms with Gasteiger partial charge in [-0.05, 0) is 82.0 Å². The molecule has 180 valence electrons. The van der Waals surface area contributed by atoms with E-state index in [2.05, 4.69) is 47.5 Å². The van der Waals surface area contributed by atoms with Crippen LogP contribution in [0.2, 0.25) is 0 Å². The van der Waals surface area contributed by atoms with Gasteiger partial charge < -0.3 is 14.4 Å². The first-order valence-electron chi connectivity index (χ1n) is 11.5. The molecule has 0 atom stereocenters. The lowest BCUT2D eigenvalue weighted by molar-refractivity contribution is 0.260. The highest BCUT2D eigenvalue weighted by molar-refractivity contribution is 8.15. The molecule has 8 heteroatoms. The van der Waals surface area contributed by atoms with Gasteiger partial charge in [-0.3, -0.25) is 9.79 Å². The van der Waals surface area contributed by atoms with Crippen LogP contribution in [-0.2, 0) is 6.42 Å². The van der Waals surface area contributed by atoms with Crippen LogP contribution in [0.25, 0.3) is 0 Å². The Morgan fingerprint density at radius 1 is 1.15 bits per heavy atom. The molecule has 0 aliphatic carbocycles. The molecular weight excluding hydrogens is 448 g/mol. The minimum absolute atomic E-state index is 0.123. The van der Waals surface area contributed by atoms with Crippen molar-refractivity contribution >= 4 is 34.2 Å². The molecule has 0 spiro atoms. The van der Waals surface area contributed by atoms with Crippen molar-refractivity contribution in [3.63, 3.8) is 0 Å². The Kier molecular flexibility index (Phi) is 6.89. The van der Waals surface area contributed by atoms with Crippen LogP contribution >= 0.6 is 11.8 Å². The molecule has 0 radical (unpaired) electrons. The zero-order chi connectivity index (χ0) is 24.5. The third-order valence-electron chi connectivity index (χ3n) is 5.93. The number of hydrogen-bond acceptors (Lipinski definition) is 6. The number of rotatable bonds is 5. The number of carbonyl (C=O) groups is 1. The van der Waals surface area contributed by atoms with Gasteiger partial charge in [-0.25, -0.2) is 5.43 Å². The monoisotopic (exact) mass is 480 g/mol. The topological polar surface area (TPSA) is 75.5 Å². The fraction of sp³-hybridized carbons (Fsp3) is 0.423. The lowest BCUT2D eigenvalue weighted by Gasteiger charge is -2.34. The lowest BCUT2D eigenvalue weighted by Crippen LogP contribution is -2.39.